The number of hydrogen-bond acceptors (Lipinski definition) is 5. The zero-order valence-electron chi connectivity index (χ0n) is 19.4. The van der Waals surface area contributed by atoms with Crippen LogP contribution in [0.1, 0.15) is 33.3 Å². The lowest BCUT2D eigenvalue weighted by Gasteiger charge is -2.23. The van der Waals surface area contributed by atoms with E-state index in [1.165, 1.54) is 6.07 Å². The van der Waals surface area contributed by atoms with Crippen LogP contribution in [-0.4, -0.2) is 38.4 Å². The van der Waals surface area contributed by atoms with Crippen molar-refractivity contribution in [2.45, 2.75) is 52.3 Å². The molecule has 2 amide bonds. The molecule has 10 heteroatoms. The number of halogens is 2. The highest BCUT2D eigenvalue weighted by Gasteiger charge is 2.26. The number of benzene rings is 1. The fourth-order valence-corrected chi connectivity index (χ4v) is 3.20. The normalized spacial score (nSPS) is 12.2. The van der Waals surface area contributed by atoms with Crippen LogP contribution in [0.2, 0.25) is 0 Å². The van der Waals surface area contributed by atoms with E-state index in [2.05, 4.69) is 20.7 Å². The second-order valence-electron chi connectivity index (χ2n) is 8.61. The molecule has 1 aromatic carbocycles. The Labute approximate surface area is 196 Å². The summed E-state index contributed by atoms with van der Waals surface area (Å²) in [6, 6.07) is 7.49. The third-order valence-corrected chi connectivity index (χ3v) is 4.74. The zero-order valence-corrected chi connectivity index (χ0v) is 19.4. The molecule has 2 N–H and O–H groups in total. The van der Waals surface area contributed by atoms with E-state index in [0.29, 0.717) is 23.6 Å². The minimum atomic E-state index is -1.12. The third-order valence-electron chi connectivity index (χ3n) is 4.74. The summed E-state index contributed by atoms with van der Waals surface area (Å²) in [7, 11) is 0. The molecule has 0 aliphatic heterocycles. The van der Waals surface area contributed by atoms with Gasteiger partial charge in [-0.3, -0.25) is 9.78 Å². The van der Waals surface area contributed by atoms with Crippen molar-refractivity contribution < 1.29 is 23.1 Å². The van der Waals surface area contributed by atoms with Gasteiger partial charge in [0.15, 0.2) is 11.6 Å². The number of aryl methyl sites for hydroxylation is 1. The molecular weight excluding hydrogens is 444 g/mol. The van der Waals surface area contributed by atoms with Crippen LogP contribution in [0.4, 0.5) is 19.4 Å². The van der Waals surface area contributed by atoms with Gasteiger partial charge in [-0.15, -0.1) is 0 Å². The second-order valence-corrected chi connectivity index (χ2v) is 8.61. The summed E-state index contributed by atoms with van der Waals surface area (Å²) in [5.74, 6) is -2.19. The molecule has 2 aromatic heterocycles. The maximum absolute atomic E-state index is 13.7. The Morgan fingerprint density at radius 1 is 1.09 bits per heavy atom. The number of carbonyl (C=O) groups excluding carboxylic acids is 2. The molecule has 0 radical (unpaired) electrons. The van der Waals surface area contributed by atoms with Crippen LogP contribution in [0, 0.1) is 11.6 Å². The second kappa shape index (κ2) is 10.4. The monoisotopic (exact) mass is 471 g/mol. The van der Waals surface area contributed by atoms with Crippen LogP contribution in [0.5, 0.6) is 0 Å². The Kier molecular flexibility index (Phi) is 7.60. The van der Waals surface area contributed by atoms with E-state index >= 15 is 0 Å². The average Bonchev–Trinajstić information content (AvgIpc) is 3.18. The van der Waals surface area contributed by atoms with E-state index in [9.17, 15) is 18.4 Å². The maximum atomic E-state index is 13.7. The van der Waals surface area contributed by atoms with Gasteiger partial charge in [-0.05, 0) is 57.5 Å². The van der Waals surface area contributed by atoms with Gasteiger partial charge >= 0.3 is 6.09 Å². The lowest BCUT2D eigenvalue weighted by atomic mass is 10.0. The number of nitrogens with one attached hydrogen (secondary N) is 2. The van der Waals surface area contributed by atoms with E-state index in [1.807, 2.05) is 6.92 Å². The number of pyridine rings is 1. The fraction of sp³-hybridized carbons (Fsp3) is 0.333. The summed E-state index contributed by atoms with van der Waals surface area (Å²) in [5.41, 5.74) is 1.00. The number of hydrogen-bond donors (Lipinski definition) is 2. The van der Waals surface area contributed by atoms with Gasteiger partial charge in [0.05, 0.1) is 5.69 Å². The SMILES string of the molecule is CCn1nc(-c2ccncc2)cc1NC(=O)C(Cc1ccc(F)c(F)c1)NC(=O)OC(C)(C)C. The predicted molar refractivity (Wildman–Crippen MR) is 123 cm³/mol. The summed E-state index contributed by atoms with van der Waals surface area (Å²) < 4.78 is 33.9. The van der Waals surface area contributed by atoms with Crippen molar-refractivity contribution in [3.8, 4) is 11.3 Å². The van der Waals surface area contributed by atoms with Gasteiger partial charge in [-0.2, -0.15) is 5.10 Å². The minimum Gasteiger partial charge on any atom is -0.444 e. The van der Waals surface area contributed by atoms with Crippen molar-refractivity contribution in [2.24, 2.45) is 0 Å². The Morgan fingerprint density at radius 2 is 1.79 bits per heavy atom. The standard InChI is InChI=1S/C24H27F2N5O3/c1-5-31-21(14-19(30-31)16-8-10-27-11-9-16)29-22(32)20(28-23(33)34-24(2,3)4)13-15-6-7-17(25)18(26)12-15/h6-12,14,20H,5,13H2,1-4H3,(H,28,33)(H,29,32). The highest BCUT2D eigenvalue weighted by Crippen LogP contribution is 2.22. The molecule has 0 saturated carbocycles. The summed E-state index contributed by atoms with van der Waals surface area (Å²) >= 11 is 0. The summed E-state index contributed by atoms with van der Waals surface area (Å²) in [6.07, 6.45) is 2.39. The molecule has 8 nitrogen and oxygen atoms in total. The van der Waals surface area contributed by atoms with Gasteiger partial charge in [-0.1, -0.05) is 6.07 Å². The van der Waals surface area contributed by atoms with Crippen LogP contribution in [0.15, 0.2) is 48.8 Å². The fourth-order valence-electron chi connectivity index (χ4n) is 3.20. The van der Waals surface area contributed by atoms with Gasteiger partial charge in [0, 0.05) is 37.0 Å². The zero-order chi connectivity index (χ0) is 24.9. The van der Waals surface area contributed by atoms with Crippen LogP contribution in [0.3, 0.4) is 0 Å². The van der Waals surface area contributed by atoms with Gasteiger partial charge in [0.1, 0.15) is 17.5 Å². The Balaban J connectivity index is 1.84. The van der Waals surface area contributed by atoms with E-state index in [1.54, 1.807) is 56.0 Å². The van der Waals surface area contributed by atoms with Crippen LogP contribution in [-0.2, 0) is 22.5 Å². The summed E-state index contributed by atoms with van der Waals surface area (Å²) in [4.78, 5) is 29.6. The minimum absolute atomic E-state index is 0.0836. The first-order valence-corrected chi connectivity index (χ1v) is 10.8. The first-order chi connectivity index (χ1) is 16.1. The lowest BCUT2D eigenvalue weighted by molar-refractivity contribution is -0.118. The molecule has 1 unspecified atom stereocenters. The number of anilines is 1. The third kappa shape index (κ3) is 6.60. The molecule has 180 valence electrons. The number of amides is 2. The van der Waals surface area contributed by atoms with E-state index < -0.39 is 35.3 Å². The number of nitrogens with zero attached hydrogens (tertiary/aromatic N) is 3. The van der Waals surface area contributed by atoms with E-state index in [0.717, 1.165) is 17.7 Å². The molecule has 3 aromatic rings. The van der Waals surface area contributed by atoms with Gasteiger partial charge in [-0.25, -0.2) is 18.3 Å². The lowest BCUT2D eigenvalue weighted by Crippen LogP contribution is -2.47. The molecule has 0 bridgehead atoms. The molecule has 2 heterocycles. The van der Waals surface area contributed by atoms with E-state index in [4.69, 9.17) is 4.74 Å². The van der Waals surface area contributed by atoms with Crippen molar-refractivity contribution in [1.29, 1.82) is 0 Å². The highest BCUT2D eigenvalue weighted by molar-refractivity contribution is 5.96. The van der Waals surface area contributed by atoms with Crippen LogP contribution >= 0.6 is 0 Å². The molecular formula is C24H27F2N5O3. The van der Waals surface area contributed by atoms with Crippen molar-refractivity contribution in [3.63, 3.8) is 0 Å². The van der Waals surface area contributed by atoms with Crippen molar-refractivity contribution in [3.05, 3.63) is 66.0 Å². The molecule has 34 heavy (non-hydrogen) atoms. The van der Waals surface area contributed by atoms with Gasteiger partial charge in [0.25, 0.3) is 0 Å². The van der Waals surface area contributed by atoms with Crippen molar-refractivity contribution in [1.82, 2.24) is 20.1 Å². The maximum Gasteiger partial charge on any atom is 0.408 e. The largest absolute Gasteiger partial charge is 0.444 e. The molecule has 3 rings (SSSR count). The molecule has 0 aliphatic carbocycles. The average molecular weight is 472 g/mol. The van der Waals surface area contributed by atoms with Gasteiger partial charge in [0.2, 0.25) is 5.91 Å². The predicted octanol–water partition coefficient (Wildman–Crippen LogP) is 4.32. The molecule has 0 fully saturated rings. The van der Waals surface area contributed by atoms with Gasteiger partial charge < -0.3 is 15.4 Å². The number of aromatic nitrogens is 3. The van der Waals surface area contributed by atoms with Crippen LogP contribution < -0.4 is 10.6 Å². The summed E-state index contributed by atoms with van der Waals surface area (Å²) in [6.45, 7) is 7.43. The summed E-state index contributed by atoms with van der Waals surface area (Å²) in [5, 5.41) is 9.80. The number of alkyl carbamates (subject to hydrolysis) is 1. The smallest absolute Gasteiger partial charge is 0.408 e. The topological polar surface area (TPSA) is 98.1 Å². The number of ether oxygens (including phenoxy) is 1. The Bertz CT molecular complexity index is 1160. The first-order valence-electron chi connectivity index (χ1n) is 10.8. The Hall–Kier alpha value is -3.82. The number of carbonyl (C=O) groups is 2. The van der Waals surface area contributed by atoms with Crippen molar-refractivity contribution >= 4 is 17.8 Å². The quantitative estimate of drug-likeness (QED) is 0.535. The van der Waals surface area contributed by atoms with Crippen LogP contribution in [0.25, 0.3) is 11.3 Å². The van der Waals surface area contributed by atoms with E-state index in [-0.39, 0.29) is 6.42 Å². The molecule has 0 spiro atoms. The van der Waals surface area contributed by atoms with Crippen molar-refractivity contribution in [2.75, 3.05) is 5.32 Å². The molecule has 0 saturated heterocycles. The Morgan fingerprint density at radius 3 is 2.41 bits per heavy atom. The molecule has 0 aliphatic rings. The first kappa shape index (κ1) is 24.8. The highest BCUT2D eigenvalue weighted by atomic mass is 19.2. The number of rotatable bonds is 7. The molecule has 1 atom stereocenters.